The predicted molar refractivity (Wildman–Crippen MR) is 284 cm³/mol. The third-order valence-corrected chi connectivity index (χ3v) is 18.5. The van der Waals surface area contributed by atoms with Gasteiger partial charge >= 0.3 is 0 Å². The van der Waals surface area contributed by atoms with Crippen LogP contribution < -0.4 is 31.1 Å². The van der Waals surface area contributed by atoms with Crippen molar-refractivity contribution in [1.82, 2.24) is 0 Å². The van der Waals surface area contributed by atoms with Crippen LogP contribution in [0.1, 0.15) is 133 Å². The lowest BCUT2D eigenvalue weighted by molar-refractivity contribution is 0.215. The van der Waals surface area contributed by atoms with Gasteiger partial charge in [0.2, 0.25) is 0 Å². The predicted octanol–water partition coefficient (Wildman–Crippen LogP) is 13.9. The average Bonchev–Trinajstić information content (AvgIpc) is 3.70. The summed E-state index contributed by atoms with van der Waals surface area (Å²) >= 11 is 0. The molecule has 3 nitrogen and oxygen atoms in total. The van der Waals surface area contributed by atoms with Crippen LogP contribution in [0.25, 0.3) is 0 Å². The van der Waals surface area contributed by atoms with Crippen molar-refractivity contribution in [3.05, 3.63) is 191 Å². The number of para-hydroxylation sites is 2. The molecule has 1 fully saturated rings. The summed E-state index contributed by atoms with van der Waals surface area (Å²) in [6, 6.07) is 60.1. The van der Waals surface area contributed by atoms with E-state index in [2.05, 4.69) is 229 Å². The van der Waals surface area contributed by atoms with Gasteiger partial charge in [0, 0.05) is 50.6 Å². The minimum atomic E-state index is -0.329. The molecule has 7 aromatic rings. The first-order chi connectivity index (χ1) is 32.1. The third-order valence-electron chi connectivity index (χ3n) is 18.5. The Kier molecular flexibility index (Phi) is 8.36. The van der Waals surface area contributed by atoms with E-state index in [0.717, 1.165) is 25.7 Å². The molecule has 0 bridgehead atoms. The third kappa shape index (κ3) is 5.15. The number of rotatable bonds is 3. The second-order valence-electron chi connectivity index (χ2n) is 23.7. The number of anilines is 7. The molecule has 13 rings (SSSR count). The molecule has 4 unspecified atom stereocenters. The molecule has 0 aromatic heterocycles. The Labute approximate surface area is 400 Å². The molecule has 67 heavy (non-hydrogen) atoms. The van der Waals surface area contributed by atoms with Crippen molar-refractivity contribution in [2.75, 3.05) is 14.7 Å². The summed E-state index contributed by atoms with van der Waals surface area (Å²) in [6.45, 7) is 21.9. The quantitative estimate of drug-likeness (QED) is 0.164. The Morgan fingerprint density at radius 2 is 1.15 bits per heavy atom. The fourth-order valence-corrected chi connectivity index (χ4v) is 15.0. The molecule has 7 aromatic carbocycles. The lowest BCUT2D eigenvalue weighted by Gasteiger charge is -2.55. The lowest BCUT2D eigenvalue weighted by Crippen LogP contribution is -2.65. The molecule has 0 radical (unpaired) electrons. The second-order valence-corrected chi connectivity index (χ2v) is 23.7. The first kappa shape index (κ1) is 41.2. The summed E-state index contributed by atoms with van der Waals surface area (Å²) < 4.78 is 0. The minimum absolute atomic E-state index is 0.0121. The molecule has 6 aliphatic rings. The van der Waals surface area contributed by atoms with Gasteiger partial charge in [-0.05, 0) is 142 Å². The zero-order valence-electron chi connectivity index (χ0n) is 41.1. The first-order valence-electron chi connectivity index (χ1n) is 25.3. The number of hydrogen-bond acceptors (Lipinski definition) is 3. The lowest BCUT2D eigenvalue weighted by atomic mass is 9.33. The average molecular weight is 874 g/mol. The fraction of sp³-hybridized carbons (Fsp3) is 0.333. The molecule has 0 N–H and O–H groups in total. The van der Waals surface area contributed by atoms with Crippen LogP contribution in [0.15, 0.2) is 152 Å². The van der Waals surface area contributed by atoms with Gasteiger partial charge in [0.1, 0.15) is 0 Å². The topological polar surface area (TPSA) is 9.72 Å². The molecule has 4 heteroatoms. The van der Waals surface area contributed by atoms with Gasteiger partial charge in [0.25, 0.3) is 6.71 Å². The second kappa shape index (κ2) is 13.6. The SMILES string of the molecule is CC(C)(C)c1ccc(N2c3ccc(C(C)(C)C)cc3B3c4cccc5c4N(c4cc(N6c7ccccc7C7(C)CCc8ccccc8C67C)cc2c43)C2(C)CCCCC52c2ccccc2)cc1. The largest absolute Gasteiger partial charge is 0.335 e. The zero-order chi connectivity index (χ0) is 46.0. The standard InChI is InChI=1S/C63H64BN3/c1-58(2,3)42-28-31-45(32-29-42)65-53-33-30-44(59(4,5)6)38-51(53)64-50-26-19-25-49-57(50)67(61(8)35-17-18-36-63(49,61)43-21-11-10-12-22-43)55-40-46(39-54(65)56(55)64)66-52-27-16-15-24-48(52)60(7)37-34-41-20-13-14-23-47(41)62(60,66)9/h10-16,19-33,38-40H,17-18,34-37H2,1-9H3. The van der Waals surface area contributed by atoms with E-state index in [1.54, 1.807) is 0 Å². The van der Waals surface area contributed by atoms with Gasteiger partial charge in [-0.3, -0.25) is 0 Å². The summed E-state index contributed by atoms with van der Waals surface area (Å²) in [5, 5.41) is 0. The molecular weight excluding hydrogens is 810 g/mol. The van der Waals surface area contributed by atoms with Crippen LogP contribution in [-0.4, -0.2) is 12.3 Å². The number of fused-ring (bicyclic) bond motifs is 12. The van der Waals surface area contributed by atoms with Crippen molar-refractivity contribution >= 4 is 62.9 Å². The van der Waals surface area contributed by atoms with E-state index in [0.29, 0.717) is 0 Å². The van der Waals surface area contributed by atoms with Crippen LogP contribution in [0.2, 0.25) is 0 Å². The van der Waals surface area contributed by atoms with E-state index in [1.165, 1.54) is 108 Å². The number of nitrogens with zero attached hydrogens (tertiary/aromatic N) is 3. The molecule has 4 atom stereocenters. The van der Waals surface area contributed by atoms with Crippen LogP contribution in [0, 0.1) is 0 Å². The first-order valence-corrected chi connectivity index (χ1v) is 25.3. The molecule has 4 aliphatic heterocycles. The van der Waals surface area contributed by atoms with Crippen LogP contribution >= 0.6 is 0 Å². The number of benzene rings is 7. The fourth-order valence-electron chi connectivity index (χ4n) is 15.0. The van der Waals surface area contributed by atoms with Crippen LogP contribution in [0.5, 0.6) is 0 Å². The summed E-state index contributed by atoms with van der Waals surface area (Å²) in [5.74, 6) is 0. The molecular formula is C63H64BN3. The number of aryl methyl sites for hydroxylation is 1. The summed E-state index contributed by atoms with van der Waals surface area (Å²) in [7, 11) is 0. The van der Waals surface area contributed by atoms with Crippen LogP contribution in [0.3, 0.4) is 0 Å². The summed E-state index contributed by atoms with van der Waals surface area (Å²) in [5.41, 5.74) is 22.8. The Balaban J connectivity index is 1.17. The molecule has 4 heterocycles. The molecule has 0 spiro atoms. The van der Waals surface area contributed by atoms with Gasteiger partial charge in [-0.1, -0.05) is 177 Å². The molecule has 2 aliphatic carbocycles. The van der Waals surface area contributed by atoms with Crippen molar-refractivity contribution in [2.45, 2.75) is 134 Å². The highest BCUT2D eigenvalue weighted by molar-refractivity contribution is 7.00. The summed E-state index contributed by atoms with van der Waals surface area (Å²) in [6.07, 6.45) is 6.88. The molecule has 334 valence electrons. The van der Waals surface area contributed by atoms with E-state index in [1.807, 2.05) is 0 Å². The van der Waals surface area contributed by atoms with Crippen LogP contribution in [-0.2, 0) is 33.6 Å². The van der Waals surface area contributed by atoms with Gasteiger partial charge < -0.3 is 14.7 Å². The normalized spacial score (nSPS) is 25.1. The van der Waals surface area contributed by atoms with Crippen molar-refractivity contribution in [3.63, 3.8) is 0 Å². The van der Waals surface area contributed by atoms with Gasteiger partial charge in [0.05, 0.1) is 11.1 Å². The van der Waals surface area contributed by atoms with Gasteiger partial charge in [0.15, 0.2) is 0 Å². The molecule has 0 amide bonds. The maximum Gasteiger partial charge on any atom is 0.252 e. The van der Waals surface area contributed by atoms with Crippen molar-refractivity contribution in [2.24, 2.45) is 0 Å². The van der Waals surface area contributed by atoms with E-state index >= 15 is 0 Å². The van der Waals surface area contributed by atoms with Crippen molar-refractivity contribution in [3.8, 4) is 0 Å². The van der Waals surface area contributed by atoms with E-state index in [-0.39, 0.29) is 39.5 Å². The maximum absolute atomic E-state index is 2.93. The van der Waals surface area contributed by atoms with Crippen molar-refractivity contribution < 1.29 is 0 Å². The highest BCUT2D eigenvalue weighted by Gasteiger charge is 2.65. The Bertz CT molecular complexity index is 3190. The molecule has 0 saturated heterocycles. The van der Waals surface area contributed by atoms with Gasteiger partial charge in [-0.25, -0.2) is 0 Å². The smallest absolute Gasteiger partial charge is 0.252 e. The van der Waals surface area contributed by atoms with Gasteiger partial charge in [-0.15, -0.1) is 0 Å². The highest BCUT2D eigenvalue weighted by Crippen LogP contribution is 2.67. The Morgan fingerprint density at radius 3 is 1.91 bits per heavy atom. The monoisotopic (exact) mass is 874 g/mol. The minimum Gasteiger partial charge on any atom is -0.335 e. The van der Waals surface area contributed by atoms with E-state index in [4.69, 9.17) is 0 Å². The van der Waals surface area contributed by atoms with Crippen molar-refractivity contribution in [1.29, 1.82) is 0 Å². The van der Waals surface area contributed by atoms with Crippen LogP contribution in [0.4, 0.5) is 39.8 Å². The Hall–Kier alpha value is -6.00. The maximum atomic E-state index is 2.93. The molecule has 1 saturated carbocycles. The van der Waals surface area contributed by atoms with E-state index in [9.17, 15) is 0 Å². The van der Waals surface area contributed by atoms with Gasteiger partial charge in [-0.2, -0.15) is 0 Å². The summed E-state index contributed by atoms with van der Waals surface area (Å²) in [4.78, 5) is 8.39. The zero-order valence-corrected chi connectivity index (χ0v) is 41.1. The van der Waals surface area contributed by atoms with E-state index < -0.39 is 0 Å². The highest BCUT2D eigenvalue weighted by atomic mass is 15.3. The Morgan fingerprint density at radius 1 is 0.493 bits per heavy atom. The number of hydrogen-bond donors (Lipinski definition) is 0.